The average molecular weight is 481 g/mol. The van der Waals surface area contributed by atoms with Gasteiger partial charge in [0.1, 0.15) is 5.69 Å². The number of hydrogen-bond acceptors (Lipinski definition) is 8. The molecule has 2 saturated heterocycles. The van der Waals surface area contributed by atoms with Crippen LogP contribution in [0.15, 0.2) is 47.5 Å². The van der Waals surface area contributed by atoms with Crippen LogP contribution in [0.3, 0.4) is 0 Å². The van der Waals surface area contributed by atoms with Gasteiger partial charge in [0.15, 0.2) is 9.84 Å². The average Bonchev–Trinajstić information content (AvgIpc) is 3.12. The molecular formula is C20H24N4O6S2. The van der Waals surface area contributed by atoms with Gasteiger partial charge in [-0.05, 0) is 42.8 Å². The zero-order valence-electron chi connectivity index (χ0n) is 17.2. The van der Waals surface area contributed by atoms with Crippen LogP contribution in [0.25, 0.3) is 0 Å². The Hall–Kier alpha value is -2.54. The minimum Gasteiger partial charge on any atom is -0.378 e. The Morgan fingerprint density at radius 3 is 2.50 bits per heavy atom. The van der Waals surface area contributed by atoms with Gasteiger partial charge in [-0.1, -0.05) is 0 Å². The van der Waals surface area contributed by atoms with Crippen LogP contribution in [0, 0.1) is 0 Å². The molecule has 1 atom stereocenters. The minimum atomic E-state index is -3.86. The lowest BCUT2D eigenvalue weighted by atomic mass is 10.2. The number of carbonyl (C=O) groups is 1. The largest absolute Gasteiger partial charge is 0.378 e. The third-order valence-corrected chi connectivity index (χ3v) is 8.63. The normalized spacial score (nSPS) is 20.8. The molecule has 172 valence electrons. The van der Waals surface area contributed by atoms with Gasteiger partial charge in [-0.2, -0.15) is 0 Å². The van der Waals surface area contributed by atoms with E-state index in [4.69, 9.17) is 4.74 Å². The topological polar surface area (TPSA) is 135 Å². The molecule has 4 rings (SSSR count). The molecule has 1 unspecified atom stereocenters. The molecular weight excluding hydrogens is 456 g/mol. The van der Waals surface area contributed by atoms with Crippen molar-refractivity contribution in [3.63, 3.8) is 0 Å². The maximum absolute atomic E-state index is 12.6. The van der Waals surface area contributed by atoms with E-state index in [2.05, 4.69) is 19.9 Å². The van der Waals surface area contributed by atoms with E-state index in [1.165, 1.54) is 24.3 Å². The highest BCUT2D eigenvalue weighted by Crippen LogP contribution is 2.20. The van der Waals surface area contributed by atoms with Crippen LogP contribution in [-0.2, 0) is 24.6 Å². The van der Waals surface area contributed by atoms with E-state index in [0.717, 1.165) is 18.8 Å². The summed E-state index contributed by atoms with van der Waals surface area (Å²) in [5.74, 6) is -0.631. The fraction of sp³-hybridized carbons (Fsp3) is 0.400. The third kappa shape index (κ3) is 5.44. The van der Waals surface area contributed by atoms with Gasteiger partial charge in [0.25, 0.3) is 5.91 Å². The maximum Gasteiger partial charge on any atom is 0.274 e. The molecule has 12 heteroatoms. The number of aromatic nitrogens is 1. The van der Waals surface area contributed by atoms with Crippen molar-refractivity contribution >= 4 is 37.1 Å². The van der Waals surface area contributed by atoms with Gasteiger partial charge < -0.3 is 15.0 Å². The molecule has 0 aliphatic carbocycles. The van der Waals surface area contributed by atoms with Crippen molar-refractivity contribution in [2.45, 2.75) is 17.4 Å². The Morgan fingerprint density at radius 1 is 1.12 bits per heavy atom. The fourth-order valence-corrected chi connectivity index (χ4v) is 6.70. The number of pyridine rings is 1. The van der Waals surface area contributed by atoms with E-state index >= 15 is 0 Å². The molecule has 2 N–H and O–H groups in total. The first-order valence-electron chi connectivity index (χ1n) is 10.1. The van der Waals surface area contributed by atoms with Gasteiger partial charge in [-0.25, -0.2) is 21.6 Å². The summed E-state index contributed by atoms with van der Waals surface area (Å²) in [5, 5.41) is 2.71. The van der Waals surface area contributed by atoms with Crippen LogP contribution < -0.4 is 14.9 Å². The molecule has 0 spiro atoms. The highest BCUT2D eigenvalue weighted by atomic mass is 32.2. The summed E-state index contributed by atoms with van der Waals surface area (Å²) in [7, 11) is -7.06. The lowest BCUT2D eigenvalue weighted by Gasteiger charge is -2.28. The quantitative estimate of drug-likeness (QED) is 0.615. The molecule has 1 aromatic heterocycles. The van der Waals surface area contributed by atoms with Crippen LogP contribution in [-0.4, -0.2) is 71.6 Å². The van der Waals surface area contributed by atoms with Crippen LogP contribution in [0.4, 0.5) is 11.4 Å². The third-order valence-electron chi connectivity index (χ3n) is 5.33. The van der Waals surface area contributed by atoms with Crippen molar-refractivity contribution in [1.29, 1.82) is 0 Å². The van der Waals surface area contributed by atoms with Crippen LogP contribution in [0.5, 0.6) is 0 Å². The van der Waals surface area contributed by atoms with Gasteiger partial charge in [-0.15, -0.1) is 0 Å². The van der Waals surface area contributed by atoms with Crippen LogP contribution in [0.1, 0.15) is 16.9 Å². The Labute approximate surface area is 187 Å². The highest BCUT2D eigenvalue weighted by Gasteiger charge is 2.31. The SMILES string of the molecule is O=C(Nc1ccc(S(=O)(=O)NC2CCS(=O)(=O)C2)cc1)c1cc(N2CCOCC2)ccn1. The molecule has 0 saturated carbocycles. The summed E-state index contributed by atoms with van der Waals surface area (Å²) in [4.78, 5) is 18.9. The number of nitrogens with one attached hydrogen (secondary N) is 2. The van der Waals surface area contributed by atoms with E-state index in [1.54, 1.807) is 12.3 Å². The number of anilines is 2. The lowest BCUT2D eigenvalue weighted by Crippen LogP contribution is -2.36. The molecule has 3 heterocycles. The molecule has 10 nitrogen and oxygen atoms in total. The molecule has 2 aliphatic heterocycles. The van der Waals surface area contributed by atoms with Crippen molar-refractivity contribution in [1.82, 2.24) is 9.71 Å². The lowest BCUT2D eigenvalue weighted by molar-refractivity contribution is 0.102. The highest BCUT2D eigenvalue weighted by molar-refractivity contribution is 7.92. The van der Waals surface area contributed by atoms with Crippen molar-refractivity contribution < 1.29 is 26.4 Å². The van der Waals surface area contributed by atoms with Gasteiger partial charge in [0.2, 0.25) is 10.0 Å². The number of rotatable bonds is 6. The number of sulfonamides is 1. The number of carbonyl (C=O) groups excluding carboxylic acids is 1. The van der Waals surface area contributed by atoms with E-state index in [1.807, 2.05) is 6.07 Å². The Balaban J connectivity index is 1.41. The number of morpholine rings is 1. The summed E-state index contributed by atoms with van der Waals surface area (Å²) in [6, 6.07) is 8.59. The summed E-state index contributed by atoms with van der Waals surface area (Å²) >= 11 is 0. The first-order chi connectivity index (χ1) is 15.2. The fourth-order valence-electron chi connectivity index (χ4n) is 3.65. The molecule has 1 aromatic carbocycles. The van der Waals surface area contributed by atoms with E-state index in [9.17, 15) is 21.6 Å². The van der Waals surface area contributed by atoms with Gasteiger partial charge in [0.05, 0.1) is 29.6 Å². The first kappa shape index (κ1) is 22.6. The Bertz CT molecular complexity index is 1190. The second-order valence-electron chi connectivity index (χ2n) is 7.70. The number of hydrogen-bond donors (Lipinski definition) is 2. The van der Waals surface area contributed by atoms with E-state index in [0.29, 0.717) is 18.9 Å². The summed E-state index contributed by atoms with van der Waals surface area (Å²) in [6.45, 7) is 2.73. The van der Waals surface area contributed by atoms with Crippen molar-refractivity contribution in [3.8, 4) is 0 Å². The maximum atomic E-state index is 12.6. The van der Waals surface area contributed by atoms with Crippen LogP contribution in [0.2, 0.25) is 0 Å². The second-order valence-corrected chi connectivity index (χ2v) is 11.6. The standard InChI is InChI=1S/C20H24N4O6S2/c25-20(19-13-17(5-7-21-19)24-8-10-30-11-9-24)22-15-1-3-18(4-2-15)32(28,29)23-16-6-12-31(26,27)14-16/h1-5,7,13,16,23H,6,8-12,14H2,(H,22,25). The van der Waals surface area contributed by atoms with Gasteiger partial charge in [-0.3, -0.25) is 9.78 Å². The Morgan fingerprint density at radius 2 is 1.84 bits per heavy atom. The molecule has 0 radical (unpaired) electrons. The molecule has 2 aliphatic rings. The smallest absolute Gasteiger partial charge is 0.274 e. The number of ether oxygens (including phenoxy) is 1. The predicted octanol–water partition coefficient (Wildman–Crippen LogP) is 0.636. The summed E-state index contributed by atoms with van der Waals surface area (Å²) < 4.78 is 55.9. The van der Waals surface area contributed by atoms with Gasteiger partial charge >= 0.3 is 0 Å². The van der Waals surface area contributed by atoms with Gasteiger partial charge in [0, 0.05) is 36.7 Å². The van der Waals surface area contributed by atoms with E-state index < -0.39 is 31.8 Å². The number of nitrogens with zero attached hydrogens (tertiary/aromatic N) is 2. The first-order valence-corrected chi connectivity index (χ1v) is 13.5. The van der Waals surface area contributed by atoms with E-state index in [-0.39, 0.29) is 28.5 Å². The monoisotopic (exact) mass is 480 g/mol. The minimum absolute atomic E-state index is 0.00719. The zero-order valence-corrected chi connectivity index (χ0v) is 18.9. The molecule has 2 aromatic rings. The molecule has 0 bridgehead atoms. The molecule has 1 amide bonds. The molecule has 32 heavy (non-hydrogen) atoms. The van der Waals surface area contributed by atoms with Crippen molar-refractivity contribution in [3.05, 3.63) is 48.3 Å². The summed E-state index contributed by atoms with van der Waals surface area (Å²) in [5.41, 5.74) is 1.54. The number of benzene rings is 1. The number of amides is 1. The van der Waals surface area contributed by atoms with Crippen molar-refractivity contribution in [2.24, 2.45) is 0 Å². The second kappa shape index (κ2) is 9.14. The summed E-state index contributed by atoms with van der Waals surface area (Å²) in [6.07, 6.45) is 1.83. The zero-order chi connectivity index (χ0) is 22.8. The Kier molecular flexibility index (Phi) is 6.47. The number of sulfone groups is 1. The molecule has 2 fully saturated rings. The predicted molar refractivity (Wildman–Crippen MR) is 119 cm³/mol. The van der Waals surface area contributed by atoms with Crippen LogP contribution >= 0.6 is 0 Å². The van der Waals surface area contributed by atoms with Crippen molar-refractivity contribution in [2.75, 3.05) is 48.0 Å².